The highest BCUT2D eigenvalue weighted by Crippen LogP contribution is 2.34. The van der Waals surface area contributed by atoms with Crippen LogP contribution in [0.3, 0.4) is 0 Å². The summed E-state index contributed by atoms with van der Waals surface area (Å²) in [6.07, 6.45) is 4.93. The number of aryl methyl sites for hydroxylation is 2. The van der Waals surface area contributed by atoms with E-state index in [0.29, 0.717) is 30.3 Å². The summed E-state index contributed by atoms with van der Waals surface area (Å²) in [5.74, 6) is 1.88. The van der Waals surface area contributed by atoms with Crippen molar-refractivity contribution in [3.63, 3.8) is 0 Å². The highest BCUT2D eigenvalue weighted by Gasteiger charge is 2.43. The van der Waals surface area contributed by atoms with Crippen molar-refractivity contribution < 1.29 is 14.1 Å². The molecule has 3 fully saturated rings. The molecular weight excluding hydrogens is 318 g/mol. The van der Waals surface area contributed by atoms with E-state index in [-0.39, 0.29) is 0 Å². The number of piperidine rings is 1. The number of fused-ring (bicyclic) bond motifs is 1. The van der Waals surface area contributed by atoms with Crippen LogP contribution in [0.25, 0.3) is 0 Å². The molecule has 0 radical (unpaired) electrons. The molecule has 0 spiro atoms. The molecule has 0 aromatic carbocycles. The number of aromatic nitrogens is 1. The molecule has 6 nitrogen and oxygen atoms in total. The lowest BCUT2D eigenvalue weighted by molar-refractivity contribution is -0.139. The first-order valence-corrected chi connectivity index (χ1v) is 9.66. The zero-order valence-corrected chi connectivity index (χ0v) is 15.4. The Morgan fingerprint density at radius 3 is 2.64 bits per heavy atom. The summed E-state index contributed by atoms with van der Waals surface area (Å²) in [4.78, 5) is 17.3. The van der Waals surface area contributed by atoms with Gasteiger partial charge in [-0.3, -0.25) is 9.69 Å². The maximum Gasteiger partial charge on any atom is 0.222 e. The molecule has 0 aliphatic carbocycles. The third kappa shape index (κ3) is 3.34. The lowest BCUT2D eigenvalue weighted by Crippen LogP contribution is -2.53. The van der Waals surface area contributed by atoms with Crippen LogP contribution in [0.4, 0.5) is 0 Å². The fourth-order valence-electron chi connectivity index (χ4n) is 4.81. The average molecular weight is 347 g/mol. The molecule has 25 heavy (non-hydrogen) atoms. The Labute approximate surface area is 149 Å². The van der Waals surface area contributed by atoms with Crippen molar-refractivity contribution in [2.45, 2.75) is 64.6 Å². The molecule has 4 rings (SSSR count). The summed E-state index contributed by atoms with van der Waals surface area (Å²) in [5, 5.41) is 4.09. The molecule has 0 bridgehead atoms. The number of carbonyl (C=O) groups excluding carboxylic acids is 1. The van der Waals surface area contributed by atoms with Crippen molar-refractivity contribution in [2.24, 2.45) is 5.92 Å². The van der Waals surface area contributed by atoms with Gasteiger partial charge in [0.25, 0.3) is 0 Å². The second-order valence-corrected chi connectivity index (χ2v) is 7.84. The van der Waals surface area contributed by atoms with Crippen LogP contribution in [0, 0.1) is 19.8 Å². The number of carbonyl (C=O) groups is 1. The number of amides is 1. The smallest absolute Gasteiger partial charge is 0.222 e. The summed E-state index contributed by atoms with van der Waals surface area (Å²) >= 11 is 0. The van der Waals surface area contributed by atoms with Crippen LogP contribution in [0.15, 0.2) is 4.52 Å². The molecule has 2 atom stereocenters. The quantitative estimate of drug-likeness (QED) is 0.836. The predicted octanol–water partition coefficient (Wildman–Crippen LogP) is 2.28. The van der Waals surface area contributed by atoms with E-state index in [4.69, 9.17) is 9.26 Å². The minimum Gasteiger partial charge on any atom is -0.381 e. The summed E-state index contributed by atoms with van der Waals surface area (Å²) in [5.41, 5.74) is 2.21. The lowest BCUT2D eigenvalue weighted by atomic mass is 9.92. The molecule has 6 heteroatoms. The molecule has 138 valence electrons. The van der Waals surface area contributed by atoms with Gasteiger partial charge in [0.2, 0.25) is 5.91 Å². The van der Waals surface area contributed by atoms with E-state index in [2.05, 4.69) is 15.0 Å². The van der Waals surface area contributed by atoms with Gasteiger partial charge < -0.3 is 14.2 Å². The summed E-state index contributed by atoms with van der Waals surface area (Å²) in [6.45, 7) is 8.56. The Bertz CT molecular complexity index is 604. The Balaban J connectivity index is 1.45. The molecule has 0 N–H and O–H groups in total. The second-order valence-electron chi connectivity index (χ2n) is 7.84. The summed E-state index contributed by atoms with van der Waals surface area (Å²) < 4.78 is 10.8. The molecule has 1 aromatic heterocycles. The standard InChI is InChI=1S/C19H29N3O3/c1-13-16(14(2)25-20-13)12-21-8-5-18-17(21)3-4-19(23)22(18)11-15-6-9-24-10-7-15/h15,17-18H,3-12H2,1-2H3/t17-,18-/m1/s1. The highest BCUT2D eigenvalue weighted by atomic mass is 16.5. The van der Waals surface area contributed by atoms with Crippen molar-refractivity contribution in [1.82, 2.24) is 15.0 Å². The van der Waals surface area contributed by atoms with Gasteiger partial charge in [-0.1, -0.05) is 5.16 Å². The van der Waals surface area contributed by atoms with Crippen molar-refractivity contribution >= 4 is 5.91 Å². The van der Waals surface area contributed by atoms with E-state index < -0.39 is 0 Å². The zero-order chi connectivity index (χ0) is 17.4. The Hall–Kier alpha value is -1.40. The molecule has 3 aliphatic heterocycles. The average Bonchev–Trinajstić information content (AvgIpc) is 3.17. The number of rotatable bonds is 4. The van der Waals surface area contributed by atoms with Crippen LogP contribution < -0.4 is 0 Å². The van der Waals surface area contributed by atoms with Crippen LogP contribution in [-0.4, -0.2) is 59.3 Å². The molecule has 0 unspecified atom stereocenters. The van der Waals surface area contributed by atoms with Crippen LogP contribution in [-0.2, 0) is 16.1 Å². The van der Waals surface area contributed by atoms with E-state index in [9.17, 15) is 4.79 Å². The topological polar surface area (TPSA) is 58.8 Å². The minimum atomic E-state index is 0.354. The summed E-state index contributed by atoms with van der Waals surface area (Å²) in [7, 11) is 0. The SMILES string of the molecule is Cc1noc(C)c1CN1CC[C@@H]2[C@H]1CCC(=O)N2CC1CCOCC1. The number of nitrogens with zero attached hydrogens (tertiary/aromatic N) is 3. The third-order valence-electron chi connectivity index (χ3n) is 6.34. The minimum absolute atomic E-state index is 0.354. The van der Waals surface area contributed by atoms with E-state index in [1.54, 1.807) is 0 Å². The van der Waals surface area contributed by atoms with Gasteiger partial charge in [0, 0.05) is 56.9 Å². The van der Waals surface area contributed by atoms with Crippen LogP contribution in [0.2, 0.25) is 0 Å². The van der Waals surface area contributed by atoms with Gasteiger partial charge in [-0.2, -0.15) is 0 Å². The molecule has 3 saturated heterocycles. The number of likely N-dealkylation sites (tertiary alicyclic amines) is 2. The molecule has 4 heterocycles. The Kier molecular flexibility index (Phi) is 4.82. The van der Waals surface area contributed by atoms with Gasteiger partial charge in [-0.25, -0.2) is 0 Å². The van der Waals surface area contributed by atoms with Crippen molar-refractivity contribution in [3.05, 3.63) is 17.0 Å². The third-order valence-corrected chi connectivity index (χ3v) is 6.34. The van der Waals surface area contributed by atoms with E-state index in [0.717, 1.165) is 70.0 Å². The molecule has 1 aromatic rings. The maximum absolute atomic E-state index is 12.6. The number of hydrogen-bond donors (Lipinski definition) is 0. The van der Waals surface area contributed by atoms with Gasteiger partial charge in [0.15, 0.2) is 0 Å². The van der Waals surface area contributed by atoms with Crippen LogP contribution >= 0.6 is 0 Å². The van der Waals surface area contributed by atoms with Gasteiger partial charge in [0.05, 0.1) is 5.69 Å². The van der Waals surface area contributed by atoms with Gasteiger partial charge in [0.1, 0.15) is 5.76 Å². The first-order valence-electron chi connectivity index (χ1n) is 9.66. The fourth-order valence-corrected chi connectivity index (χ4v) is 4.81. The van der Waals surface area contributed by atoms with Gasteiger partial charge >= 0.3 is 0 Å². The number of ether oxygens (including phenoxy) is 1. The van der Waals surface area contributed by atoms with Gasteiger partial charge in [-0.15, -0.1) is 0 Å². The van der Waals surface area contributed by atoms with Crippen molar-refractivity contribution in [3.8, 4) is 0 Å². The largest absolute Gasteiger partial charge is 0.381 e. The van der Waals surface area contributed by atoms with E-state index in [1.807, 2.05) is 13.8 Å². The van der Waals surface area contributed by atoms with E-state index >= 15 is 0 Å². The second kappa shape index (κ2) is 7.08. The Morgan fingerprint density at radius 2 is 1.92 bits per heavy atom. The van der Waals surface area contributed by atoms with Crippen LogP contribution in [0.1, 0.15) is 49.1 Å². The number of hydrogen-bond acceptors (Lipinski definition) is 5. The van der Waals surface area contributed by atoms with E-state index in [1.165, 1.54) is 5.56 Å². The van der Waals surface area contributed by atoms with Crippen LogP contribution in [0.5, 0.6) is 0 Å². The molecule has 0 saturated carbocycles. The monoisotopic (exact) mass is 347 g/mol. The zero-order valence-electron chi connectivity index (χ0n) is 15.4. The predicted molar refractivity (Wildman–Crippen MR) is 93.1 cm³/mol. The molecule has 1 amide bonds. The maximum atomic E-state index is 12.6. The first-order chi connectivity index (χ1) is 12.1. The fraction of sp³-hybridized carbons (Fsp3) is 0.789. The molecule has 3 aliphatic rings. The normalized spacial score (nSPS) is 28.6. The Morgan fingerprint density at radius 1 is 1.12 bits per heavy atom. The first kappa shape index (κ1) is 17.0. The van der Waals surface area contributed by atoms with Crippen molar-refractivity contribution in [1.29, 1.82) is 0 Å². The van der Waals surface area contributed by atoms with Crippen molar-refractivity contribution in [2.75, 3.05) is 26.3 Å². The molecular formula is C19H29N3O3. The highest BCUT2D eigenvalue weighted by molar-refractivity contribution is 5.77. The lowest BCUT2D eigenvalue weighted by Gasteiger charge is -2.42. The summed E-state index contributed by atoms with van der Waals surface area (Å²) in [6, 6.07) is 0.857. The van der Waals surface area contributed by atoms with Gasteiger partial charge in [-0.05, 0) is 45.4 Å².